The molecule has 1 nitrogen and oxygen atoms in total. The van der Waals surface area contributed by atoms with Crippen molar-refractivity contribution in [2.24, 2.45) is 5.41 Å². The summed E-state index contributed by atoms with van der Waals surface area (Å²) in [6.07, 6.45) is 10.9. The summed E-state index contributed by atoms with van der Waals surface area (Å²) >= 11 is 4.53. The normalized spacial score (nSPS) is 16.7. The molecule has 0 atom stereocenters. The van der Waals surface area contributed by atoms with E-state index < -0.39 is 0 Å². The lowest BCUT2D eigenvalue weighted by molar-refractivity contribution is 0.627. The Hall–Kier alpha value is -2.19. The molecule has 1 aromatic heterocycles. The Bertz CT molecular complexity index is 999. The fourth-order valence-electron chi connectivity index (χ4n) is 3.03. The van der Waals surface area contributed by atoms with Crippen molar-refractivity contribution in [3.8, 4) is 0 Å². The third-order valence-electron chi connectivity index (χ3n) is 4.31. The van der Waals surface area contributed by atoms with Gasteiger partial charge in [-0.15, -0.1) is 12.6 Å². The summed E-state index contributed by atoms with van der Waals surface area (Å²) in [6.45, 7) is 4.40. The maximum absolute atomic E-state index is 6.19. The first-order valence-electron chi connectivity index (χ1n) is 7.77. The highest BCUT2D eigenvalue weighted by Crippen LogP contribution is 2.37. The predicted octanol–water partition coefficient (Wildman–Crippen LogP) is 6.41. The van der Waals surface area contributed by atoms with Crippen molar-refractivity contribution in [3.05, 3.63) is 72.3 Å². The van der Waals surface area contributed by atoms with Crippen LogP contribution in [-0.2, 0) is 0 Å². The van der Waals surface area contributed by atoms with Crippen LogP contribution in [0, 0.1) is 5.41 Å². The summed E-state index contributed by atoms with van der Waals surface area (Å²) in [5.41, 5.74) is 4.13. The number of benzene rings is 2. The summed E-state index contributed by atoms with van der Waals surface area (Å²) in [4.78, 5) is 0.871. The Morgan fingerprint density at radius 2 is 1.65 bits per heavy atom. The molecule has 3 aromatic rings. The molecule has 0 bridgehead atoms. The van der Waals surface area contributed by atoms with E-state index >= 15 is 0 Å². The van der Waals surface area contributed by atoms with Gasteiger partial charge in [0.15, 0.2) is 0 Å². The van der Waals surface area contributed by atoms with Crippen LogP contribution in [0.5, 0.6) is 0 Å². The molecule has 2 aromatic carbocycles. The molecule has 0 fully saturated rings. The summed E-state index contributed by atoms with van der Waals surface area (Å²) in [5, 5.41) is 2.25. The zero-order valence-electron chi connectivity index (χ0n) is 13.2. The van der Waals surface area contributed by atoms with Gasteiger partial charge in [0.05, 0.1) is 0 Å². The average Bonchev–Trinajstić information content (AvgIpc) is 2.81. The number of hydrogen-bond donors (Lipinski definition) is 1. The average molecular weight is 318 g/mol. The number of hydrogen-bond acceptors (Lipinski definition) is 2. The number of thiol groups is 1. The van der Waals surface area contributed by atoms with Gasteiger partial charge in [-0.3, -0.25) is 0 Å². The quantitative estimate of drug-likeness (QED) is 0.512. The molecule has 0 saturated heterocycles. The van der Waals surface area contributed by atoms with Crippen molar-refractivity contribution < 1.29 is 4.42 Å². The molecule has 0 spiro atoms. The highest BCUT2D eigenvalue weighted by atomic mass is 32.1. The molecular weight excluding hydrogens is 300 g/mol. The van der Waals surface area contributed by atoms with E-state index in [1.54, 1.807) is 0 Å². The van der Waals surface area contributed by atoms with E-state index in [1.165, 1.54) is 0 Å². The summed E-state index contributed by atoms with van der Waals surface area (Å²) in [6, 6.07) is 12.4. The second-order valence-electron chi connectivity index (χ2n) is 6.57. The molecule has 1 aliphatic rings. The van der Waals surface area contributed by atoms with E-state index in [0.717, 1.165) is 38.0 Å². The van der Waals surface area contributed by atoms with Crippen molar-refractivity contribution in [1.29, 1.82) is 0 Å². The van der Waals surface area contributed by atoms with Gasteiger partial charge in [0.25, 0.3) is 0 Å². The predicted molar refractivity (Wildman–Crippen MR) is 101 cm³/mol. The lowest BCUT2D eigenvalue weighted by Gasteiger charge is -2.12. The van der Waals surface area contributed by atoms with Crippen molar-refractivity contribution in [2.75, 3.05) is 0 Å². The third-order valence-corrected chi connectivity index (χ3v) is 4.66. The van der Waals surface area contributed by atoms with Gasteiger partial charge in [0, 0.05) is 26.6 Å². The molecule has 0 unspecified atom stereocenters. The van der Waals surface area contributed by atoms with Crippen LogP contribution in [0.2, 0.25) is 0 Å². The van der Waals surface area contributed by atoms with Crippen LogP contribution in [0.1, 0.15) is 19.4 Å². The first-order valence-corrected chi connectivity index (χ1v) is 8.22. The van der Waals surface area contributed by atoms with E-state index in [2.05, 4.69) is 81.1 Å². The highest BCUT2D eigenvalue weighted by Gasteiger charge is 2.16. The largest absolute Gasteiger partial charge is 0.454 e. The fourth-order valence-corrected chi connectivity index (χ4v) is 3.28. The van der Waals surface area contributed by atoms with Crippen LogP contribution in [0.15, 0.2) is 76.1 Å². The van der Waals surface area contributed by atoms with E-state index in [1.807, 2.05) is 12.1 Å². The second-order valence-corrected chi connectivity index (χ2v) is 7.06. The molecule has 0 saturated carbocycles. The molecule has 2 heteroatoms. The first kappa shape index (κ1) is 14.4. The minimum atomic E-state index is 0.0677. The van der Waals surface area contributed by atoms with Gasteiger partial charge in [-0.05, 0) is 11.6 Å². The van der Waals surface area contributed by atoms with Gasteiger partial charge in [0.2, 0.25) is 0 Å². The highest BCUT2D eigenvalue weighted by molar-refractivity contribution is 7.80. The third kappa shape index (κ3) is 2.43. The molecule has 0 radical (unpaired) electrons. The zero-order chi connectivity index (χ0) is 16.0. The fraction of sp³-hybridized carbons (Fsp3) is 0.143. The van der Waals surface area contributed by atoms with Gasteiger partial charge >= 0.3 is 0 Å². The number of para-hydroxylation sites is 2. The number of fused-ring (bicyclic) bond motifs is 3. The molecule has 0 amide bonds. The maximum Gasteiger partial charge on any atom is 0.148 e. The van der Waals surface area contributed by atoms with Crippen molar-refractivity contribution >= 4 is 40.1 Å². The Kier molecular flexibility index (Phi) is 3.24. The van der Waals surface area contributed by atoms with Crippen LogP contribution in [0.3, 0.4) is 0 Å². The first-order chi connectivity index (χ1) is 11.1. The molecule has 114 valence electrons. The number of rotatable bonds is 1. The van der Waals surface area contributed by atoms with E-state index in [9.17, 15) is 0 Å². The van der Waals surface area contributed by atoms with Crippen LogP contribution in [0.4, 0.5) is 0 Å². The van der Waals surface area contributed by atoms with Crippen LogP contribution >= 0.6 is 12.6 Å². The Morgan fingerprint density at radius 1 is 0.913 bits per heavy atom. The van der Waals surface area contributed by atoms with Crippen molar-refractivity contribution in [2.45, 2.75) is 18.7 Å². The van der Waals surface area contributed by atoms with Gasteiger partial charge < -0.3 is 4.42 Å². The van der Waals surface area contributed by atoms with Gasteiger partial charge in [-0.25, -0.2) is 0 Å². The Labute approximate surface area is 141 Å². The molecule has 1 aliphatic carbocycles. The summed E-state index contributed by atoms with van der Waals surface area (Å²) < 4.78 is 6.19. The molecule has 4 rings (SSSR count). The lowest BCUT2D eigenvalue weighted by Crippen LogP contribution is -2.00. The minimum absolute atomic E-state index is 0.0677. The van der Waals surface area contributed by atoms with E-state index in [-0.39, 0.29) is 5.41 Å². The summed E-state index contributed by atoms with van der Waals surface area (Å²) in [7, 11) is 0. The molecule has 0 aliphatic heterocycles. The van der Waals surface area contributed by atoms with E-state index in [0.29, 0.717) is 0 Å². The van der Waals surface area contributed by atoms with Crippen LogP contribution in [-0.4, -0.2) is 0 Å². The van der Waals surface area contributed by atoms with Gasteiger partial charge in [-0.1, -0.05) is 74.6 Å². The SMILES string of the molecule is CC1(C)C=CC=C(c2cccc3c2oc2c(S)cccc23)C=C1. The monoisotopic (exact) mass is 318 g/mol. The molecular formula is C21H18OS. The smallest absolute Gasteiger partial charge is 0.148 e. The van der Waals surface area contributed by atoms with Gasteiger partial charge in [-0.2, -0.15) is 0 Å². The molecule has 1 heterocycles. The standard InChI is InChI=1S/C21H18OS/c1-21(2)12-5-6-14(11-13-21)15-7-3-8-16-17-9-4-10-18(23)20(17)22-19(15)16/h3-13,23H,1-2H3. The zero-order valence-corrected chi connectivity index (χ0v) is 14.1. The summed E-state index contributed by atoms with van der Waals surface area (Å²) in [5.74, 6) is 0. The van der Waals surface area contributed by atoms with Crippen molar-refractivity contribution in [1.82, 2.24) is 0 Å². The Balaban J connectivity index is 1.99. The van der Waals surface area contributed by atoms with Crippen molar-refractivity contribution in [3.63, 3.8) is 0 Å². The van der Waals surface area contributed by atoms with Crippen LogP contribution in [0.25, 0.3) is 27.5 Å². The molecule has 0 N–H and O–H groups in total. The topological polar surface area (TPSA) is 13.1 Å². The second kappa shape index (κ2) is 5.17. The maximum atomic E-state index is 6.19. The molecule has 23 heavy (non-hydrogen) atoms. The van der Waals surface area contributed by atoms with Crippen LogP contribution < -0.4 is 0 Å². The lowest BCUT2D eigenvalue weighted by atomic mass is 9.92. The number of furan rings is 1. The Morgan fingerprint density at radius 3 is 2.48 bits per heavy atom. The minimum Gasteiger partial charge on any atom is -0.454 e. The number of allylic oxidation sites excluding steroid dienone is 6. The van der Waals surface area contributed by atoms with E-state index in [4.69, 9.17) is 4.42 Å². The van der Waals surface area contributed by atoms with Gasteiger partial charge in [0.1, 0.15) is 11.2 Å².